The molecule has 0 radical (unpaired) electrons. The standard InChI is InChI=1S/C21H27NOS.ClH/c1-4-13-22(16(2)3)17-14-19-20(23-15-17)11-8-12-21(19)24-18-9-6-5-7-10-18;/h5-12,16-17H,4,13-15H2,1-3H3;1H. The molecule has 1 heterocycles. The van der Waals surface area contributed by atoms with Crippen LogP contribution in [0, 0.1) is 0 Å². The Balaban J connectivity index is 0.00000225. The summed E-state index contributed by atoms with van der Waals surface area (Å²) in [5, 5.41) is 0. The Hall–Kier alpha value is -1.16. The maximum absolute atomic E-state index is 6.14. The van der Waals surface area contributed by atoms with Crippen LogP contribution in [0.2, 0.25) is 0 Å². The molecule has 0 aliphatic carbocycles. The van der Waals surface area contributed by atoms with Crippen LogP contribution in [0.5, 0.6) is 5.75 Å². The van der Waals surface area contributed by atoms with Crippen molar-refractivity contribution in [3.8, 4) is 5.75 Å². The Labute approximate surface area is 162 Å². The minimum absolute atomic E-state index is 0. The van der Waals surface area contributed by atoms with Crippen LogP contribution in [-0.4, -0.2) is 30.1 Å². The number of fused-ring (bicyclic) bond motifs is 1. The van der Waals surface area contributed by atoms with Crippen molar-refractivity contribution in [1.29, 1.82) is 0 Å². The number of ether oxygens (including phenoxy) is 1. The van der Waals surface area contributed by atoms with Crippen molar-refractivity contribution in [3.05, 3.63) is 54.1 Å². The highest BCUT2D eigenvalue weighted by atomic mass is 35.5. The van der Waals surface area contributed by atoms with Gasteiger partial charge in [-0.05, 0) is 57.5 Å². The highest BCUT2D eigenvalue weighted by Gasteiger charge is 2.28. The van der Waals surface area contributed by atoms with Crippen LogP contribution in [0.4, 0.5) is 0 Å². The first-order valence-electron chi connectivity index (χ1n) is 8.92. The molecule has 0 N–H and O–H groups in total. The summed E-state index contributed by atoms with van der Waals surface area (Å²) in [7, 11) is 0. The van der Waals surface area contributed by atoms with E-state index >= 15 is 0 Å². The molecule has 0 saturated heterocycles. The fourth-order valence-corrected chi connectivity index (χ4v) is 4.41. The summed E-state index contributed by atoms with van der Waals surface area (Å²) >= 11 is 1.84. The predicted octanol–water partition coefficient (Wildman–Crippen LogP) is 5.68. The fourth-order valence-electron chi connectivity index (χ4n) is 3.41. The molecule has 0 amide bonds. The average molecular weight is 378 g/mol. The first-order chi connectivity index (χ1) is 11.7. The summed E-state index contributed by atoms with van der Waals surface area (Å²) in [6.07, 6.45) is 2.26. The second-order valence-electron chi connectivity index (χ2n) is 6.65. The largest absolute Gasteiger partial charge is 0.492 e. The summed E-state index contributed by atoms with van der Waals surface area (Å²) in [6.45, 7) is 8.76. The number of nitrogens with zero attached hydrogens (tertiary/aromatic N) is 1. The Bertz CT molecular complexity index is 662. The Kier molecular flexibility index (Phi) is 7.67. The van der Waals surface area contributed by atoms with Crippen LogP contribution in [0.1, 0.15) is 32.8 Å². The molecule has 4 heteroatoms. The van der Waals surface area contributed by atoms with Crippen molar-refractivity contribution in [1.82, 2.24) is 4.90 Å². The van der Waals surface area contributed by atoms with E-state index in [2.05, 4.69) is 74.2 Å². The number of hydrogen-bond donors (Lipinski definition) is 0. The van der Waals surface area contributed by atoms with E-state index < -0.39 is 0 Å². The van der Waals surface area contributed by atoms with Crippen molar-refractivity contribution in [2.75, 3.05) is 13.2 Å². The summed E-state index contributed by atoms with van der Waals surface area (Å²) < 4.78 is 6.14. The Morgan fingerprint density at radius 1 is 1.12 bits per heavy atom. The molecule has 25 heavy (non-hydrogen) atoms. The molecule has 0 spiro atoms. The second-order valence-corrected chi connectivity index (χ2v) is 7.76. The van der Waals surface area contributed by atoms with Gasteiger partial charge < -0.3 is 4.74 Å². The number of halogens is 1. The van der Waals surface area contributed by atoms with Gasteiger partial charge in [-0.3, -0.25) is 4.90 Å². The molecule has 0 aromatic heterocycles. The predicted molar refractivity (Wildman–Crippen MR) is 109 cm³/mol. The van der Waals surface area contributed by atoms with Gasteiger partial charge in [0.15, 0.2) is 0 Å². The van der Waals surface area contributed by atoms with Crippen LogP contribution in [0.15, 0.2) is 58.3 Å². The first-order valence-corrected chi connectivity index (χ1v) is 9.74. The molecule has 2 aromatic carbocycles. The number of benzene rings is 2. The van der Waals surface area contributed by atoms with Crippen LogP contribution in [0.3, 0.4) is 0 Å². The van der Waals surface area contributed by atoms with Crippen molar-refractivity contribution in [2.45, 2.75) is 55.5 Å². The van der Waals surface area contributed by atoms with Gasteiger partial charge in [-0.2, -0.15) is 0 Å². The van der Waals surface area contributed by atoms with Gasteiger partial charge in [0.2, 0.25) is 0 Å². The third kappa shape index (κ3) is 4.93. The lowest BCUT2D eigenvalue weighted by atomic mass is 10.00. The van der Waals surface area contributed by atoms with Crippen molar-refractivity contribution < 1.29 is 4.74 Å². The van der Waals surface area contributed by atoms with Crippen molar-refractivity contribution in [2.24, 2.45) is 0 Å². The van der Waals surface area contributed by atoms with E-state index in [1.54, 1.807) is 0 Å². The molecule has 1 unspecified atom stereocenters. The van der Waals surface area contributed by atoms with Gasteiger partial charge in [0.1, 0.15) is 12.4 Å². The Morgan fingerprint density at radius 3 is 2.56 bits per heavy atom. The Morgan fingerprint density at radius 2 is 1.88 bits per heavy atom. The van der Waals surface area contributed by atoms with E-state index in [4.69, 9.17) is 4.74 Å². The minimum Gasteiger partial charge on any atom is -0.492 e. The second kappa shape index (κ2) is 9.51. The lowest BCUT2D eigenvalue weighted by Crippen LogP contribution is -2.47. The topological polar surface area (TPSA) is 12.5 Å². The molecule has 0 bridgehead atoms. The SMILES string of the molecule is CCCN(C(C)C)C1COc2cccc(Sc3ccccc3)c2C1.Cl. The number of hydrogen-bond acceptors (Lipinski definition) is 3. The summed E-state index contributed by atoms with van der Waals surface area (Å²) in [6, 6.07) is 18.1. The van der Waals surface area contributed by atoms with E-state index in [1.807, 2.05) is 11.8 Å². The third-order valence-electron chi connectivity index (χ3n) is 4.55. The van der Waals surface area contributed by atoms with E-state index in [0.29, 0.717) is 12.1 Å². The van der Waals surface area contributed by atoms with Gasteiger partial charge in [-0.1, -0.05) is 43.0 Å². The van der Waals surface area contributed by atoms with E-state index in [9.17, 15) is 0 Å². The molecule has 0 fully saturated rings. The zero-order valence-corrected chi connectivity index (χ0v) is 16.9. The molecular formula is C21H28ClNOS. The van der Waals surface area contributed by atoms with Gasteiger partial charge in [-0.15, -0.1) is 12.4 Å². The molecule has 1 atom stereocenters. The minimum atomic E-state index is 0. The van der Waals surface area contributed by atoms with E-state index in [-0.39, 0.29) is 12.4 Å². The summed E-state index contributed by atoms with van der Waals surface area (Å²) in [5.74, 6) is 1.06. The van der Waals surface area contributed by atoms with Gasteiger partial charge in [0, 0.05) is 27.4 Å². The number of rotatable bonds is 6. The normalized spacial score (nSPS) is 16.3. The monoisotopic (exact) mass is 377 g/mol. The van der Waals surface area contributed by atoms with Crippen LogP contribution in [0.25, 0.3) is 0 Å². The van der Waals surface area contributed by atoms with Crippen molar-refractivity contribution in [3.63, 3.8) is 0 Å². The maximum Gasteiger partial charge on any atom is 0.123 e. The summed E-state index contributed by atoms with van der Waals surface area (Å²) in [5.41, 5.74) is 1.37. The molecule has 0 saturated carbocycles. The molecule has 2 nitrogen and oxygen atoms in total. The summed E-state index contributed by atoms with van der Waals surface area (Å²) in [4.78, 5) is 5.19. The van der Waals surface area contributed by atoms with Gasteiger partial charge in [0.25, 0.3) is 0 Å². The van der Waals surface area contributed by atoms with Crippen LogP contribution < -0.4 is 4.74 Å². The highest BCUT2D eigenvalue weighted by Crippen LogP contribution is 2.38. The molecule has 1 aliphatic rings. The first kappa shape index (κ1) is 20.2. The lowest BCUT2D eigenvalue weighted by Gasteiger charge is -2.38. The molecule has 2 aromatic rings. The zero-order valence-electron chi connectivity index (χ0n) is 15.3. The van der Waals surface area contributed by atoms with Gasteiger partial charge >= 0.3 is 0 Å². The molecule has 3 rings (SSSR count). The maximum atomic E-state index is 6.14. The molecule has 1 aliphatic heterocycles. The third-order valence-corrected chi connectivity index (χ3v) is 5.66. The van der Waals surface area contributed by atoms with Gasteiger partial charge in [0.05, 0.1) is 0 Å². The van der Waals surface area contributed by atoms with E-state index in [0.717, 1.165) is 25.3 Å². The zero-order chi connectivity index (χ0) is 16.9. The van der Waals surface area contributed by atoms with Crippen molar-refractivity contribution >= 4 is 24.2 Å². The fraction of sp³-hybridized carbons (Fsp3) is 0.429. The molecular weight excluding hydrogens is 350 g/mol. The van der Waals surface area contributed by atoms with Crippen LogP contribution in [-0.2, 0) is 6.42 Å². The van der Waals surface area contributed by atoms with Crippen LogP contribution >= 0.6 is 24.2 Å². The molecule has 136 valence electrons. The quantitative estimate of drug-likeness (QED) is 0.642. The smallest absolute Gasteiger partial charge is 0.123 e. The lowest BCUT2D eigenvalue weighted by molar-refractivity contribution is 0.0916. The van der Waals surface area contributed by atoms with Gasteiger partial charge in [-0.25, -0.2) is 0 Å². The van der Waals surface area contributed by atoms with E-state index in [1.165, 1.54) is 21.8 Å². The average Bonchev–Trinajstić information content (AvgIpc) is 2.60. The highest BCUT2D eigenvalue weighted by molar-refractivity contribution is 7.99.